The maximum Gasteiger partial charge on any atom is 0.191 e. The number of hydrogen-bond donors (Lipinski definition) is 2. The molecule has 3 nitrogen and oxygen atoms in total. The van der Waals surface area contributed by atoms with Gasteiger partial charge in [-0.3, -0.25) is 4.99 Å². The second-order valence-electron chi connectivity index (χ2n) is 4.93. The fourth-order valence-electron chi connectivity index (χ4n) is 1.37. The number of halogens is 2. The first-order valence-electron chi connectivity index (χ1n) is 5.64. The van der Waals surface area contributed by atoms with Gasteiger partial charge in [0, 0.05) is 19.1 Å². The van der Waals surface area contributed by atoms with Gasteiger partial charge in [0.2, 0.25) is 0 Å². The van der Waals surface area contributed by atoms with Gasteiger partial charge in [-0.05, 0) is 38.5 Å². The molecule has 0 amide bonds. The molecule has 0 aliphatic carbocycles. The van der Waals surface area contributed by atoms with E-state index in [2.05, 4.69) is 36.4 Å². The molecule has 0 unspecified atom stereocenters. The van der Waals surface area contributed by atoms with Crippen molar-refractivity contribution < 1.29 is 4.39 Å². The van der Waals surface area contributed by atoms with Crippen molar-refractivity contribution in [3.8, 4) is 0 Å². The lowest BCUT2D eigenvalue weighted by Crippen LogP contribution is -2.47. The van der Waals surface area contributed by atoms with Crippen LogP contribution in [0.1, 0.15) is 26.3 Å². The highest BCUT2D eigenvalue weighted by Gasteiger charge is 2.11. The van der Waals surface area contributed by atoms with Crippen molar-refractivity contribution in [2.75, 3.05) is 7.05 Å². The summed E-state index contributed by atoms with van der Waals surface area (Å²) in [5.41, 5.74) is 0.839. The highest BCUT2D eigenvalue weighted by molar-refractivity contribution is 14.0. The predicted molar refractivity (Wildman–Crippen MR) is 84.9 cm³/mol. The van der Waals surface area contributed by atoms with E-state index in [0.717, 1.165) is 5.56 Å². The van der Waals surface area contributed by atoms with E-state index in [9.17, 15) is 4.39 Å². The molecular formula is C13H21FIN3. The number of nitrogens with one attached hydrogen (secondary N) is 2. The highest BCUT2D eigenvalue weighted by atomic mass is 127. The summed E-state index contributed by atoms with van der Waals surface area (Å²) in [7, 11) is 1.71. The maximum atomic E-state index is 13.0. The minimum atomic E-state index is -0.219. The van der Waals surface area contributed by atoms with Crippen molar-refractivity contribution in [3.05, 3.63) is 35.6 Å². The Morgan fingerprint density at radius 3 is 2.50 bits per heavy atom. The molecule has 18 heavy (non-hydrogen) atoms. The molecular weight excluding hydrogens is 344 g/mol. The van der Waals surface area contributed by atoms with E-state index in [0.29, 0.717) is 12.5 Å². The van der Waals surface area contributed by atoms with E-state index in [1.165, 1.54) is 12.1 Å². The monoisotopic (exact) mass is 365 g/mol. The minimum Gasteiger partial charge on any atom is -0.352 e. The Hall–Kier alpha value is -0.850. The molecule has 0 radical (unpaired) electrons. The van der Waals surface area contributed by atoms with Crippen LogP contribution in [0.4, 0.5) is 4.39 Å². The van der Waals surface area contributed by atoms with E-state index in [-0.39, 0.29) is 35.3 Å². The van der Waals surface area contributed by atoms with Crippen LogP contribution in [0.3, 0.4) is 0 Å². The average Bonchev–Trinajstić information content (AvgIpc) is 2.23. The Balaban J connectivity index is 0.00000289. The van der Waals surface area contributed by atoms with Gasteiger partial charge in [-0.2, -0.15) is 0 Å². The fourth-order valence-corrected chi connectivity index (χ4v) is 1.37. The lowest BCUT2D eigenvalue weighted by atomic mass is 10.1. The van der Waals surface area contributed by atoms with Crippen LogP contribution in [0.25, 0.3) is 0 Å². The third-order valence-corrected chi connectivity index (χ3v) is 2.07. The van der Waals surface area contributed by atoms with Crippen molar-refractivity contribution in [1.82, 2.24) is 10.6 Å². The summed E-state index contributed by atoms with van der Waals surface area (Å²) in [4.78, 5) is 4.11. The van der Waals surface area contributed by atoms with Gasteiger partial charge in [0.05, 0.1) is 0 Å². The van der Waals surface area contributed by atoms with E-state index in [1.807, 2.05) is 6.07 Å². The fraction of sp³-hybridized carbons (Fsp3) is 0.462. The minimum absolute atomic E-state index is 0. The molecule has 0 fully saturated rings. The second kappa shape index (κ2) is 7.56. The molecule has 1 rings (SSSR count). The lowest BCUT2D eigenvalue weighted by molar-refractivity contribution is 0.501. The topological polar surface area (TPSA) is 36.4 Å². The number of hydrogen-bond acceptors (Lipinski definition) is 1. The molecule has 2 N–H and O–H groups in total. The van der Waals surface area contributed by atoms with Crippen LogP contribution in [0, 0.1) is 5.82 Å². The zero-order valence-corrected chi connectivity index (χ0v) is 13.6. The van der Waals surface area contributed by atoms with Crippen LogP contribution in [0.2, 0.25) is 0 Å². The second-order valence-corrected chi connectivity index (χ2v) is 4.93. The highest BCUT2D eigenvalue weighted by Crippen LogP contribution is 2.03. The standard InChI is InChI=1S/C13H20FN3.HI/c1-13(2,3)17-12(15-4)16-9-10-6-5-7-11(14)8-10;/h5-8H,9H2,1-4H3,(H2,15,16,17);1H. The molecule has 0 saturated heterocycles. The van der Waals surface area contributed by atoms with Gasteiger partial charge >= 0.3 is 0 Å². The van der Waals surface area contributed by atoms with Crippen molar-refractivity contribution in [2.45, 2.75) is 32.9 Å². The Kier molecular flexibility index (Phi) is 7.20. The first-order valence-corrected chi connectivity index (χ1v) is 5.64. The summed E-state index contributed by atoms with van der Waals surface area (Å²) >= 11 is 0. The Morgan fingerprint density at radius 1 is 1.33 bits per heavy atom. The summed E-state index contributed by atoms with van der Waals surface area (Å²) in [5, 5.41) is 6.38. The molecule has 0 aromatic heterocycles. The van der Waals surface area contributed by atoms with Crippen LogP contribution in [-0.2, 0) is 6.54 Å². The normalized spacial score (nSPS) is 11.7. The molecule has 1 aromatic rings. The molecule has 0 aliphatic heterocycles. The van der Waals surface area contributed by atoms with E-state index < -0.39 is 0 Å². The van der Waals surface area contributed by atoms with Crippen LogP contribution >= 0.6 is 24.0 Å². The quantitative estimate of drug-likeness (QED) is 0.480. The van der Waals surface area contributed by atoms with Crippen LogP contribution in [0.15, 0.2) is 29.3 Å². The van der Waals surface area contributed by atoms with Crippen LogP contribution in [-0.4, -0.2) is 18.5 Å². The Labute approximate surface area is 125 Å². The van der Waals surface area contributed by atoms with Gasteiger partial charge in [-0.15, -0.1) is 24.0 Å². The summed E-state index contributed by atoms with van der Waals surface area (Å²) in [6.07, 6.45) is 0. The summed E-state index contributed by atoms with van der Waals surface area (Å²) in [6.45, 7) is 6.72. The van der Waals surface area contributed by atoms with Gasteiger partial charge < -0.3 is 10.6 Å². The van der Waals surface area contributed by atoms with Crippen molar-refractivity contribution in [2.24, 2.45) is 4.99 Å². The smallest absolute Gasteiger partial charge is 0.191 e. The van der Waals surface area contributed by atoms with Crippen LogP contribution in [0.5, 0.6) is 0 Å². The SMILES string of the molecule is CN=C(NCc1cccc(F)c1)NC(C)(C)C.I. The van der Waals surface area contributed by atoms with E-state index in [1.54, 1.807) is 13.1 Å². The largest absolute Gasteiger partial charge is 0.352 e. The average molecular weight is 365 g/mol. The van der Waals surface area contributed by atoms with Gasteiger partial charge in [0.15, 0.2) is 5.96 Å². The maximum absolute atomic E-state index is 13.0. The van der Waals surface area contributed by atoms with E-state index >= 15 is 0 Å². The van der Waals surface area contributed by atoms with Gasteiger partial charge in [0.25, 0.3) is 0 Å². The van der Waals surface area contributed by atoms with E-state index in [4.69, 9.17) is 0 Å². The van der Waals surface area contributed by atoms with Gasteiger partial charge in [0.1, 0.15) is 5.82 Å². The number of nitrogens with zero attached hydrogens (tertiary/aromatic N) is 1. The van der Waals surface area contributed by atoms with Crippen LogP contribution < -0.4 is 10.6 Å². The summed E-state index contributed by atoms with van der Waals surface area (Å²) in [6, 6.07) is 6.52. The Bertz CT molecular complexity index is 399. The molecule has 1 aromatic carbocycles. The number of rotatable bonds is 2. The van der Waals surface area contributed by atoms with Crippen molar-refractivity contribution >= 4 is 29.9 Å². The third kappa shape index (κ3) is 6.78. The first kappa shape index (κ1) is 17.2. The molecule has 0 bridgehead atoms. The molecule has 0 spiro atoms. The molecule has 102 valence electrons. The molecule has 0 heterocycles. The summed E-state index contributed by atoms with van der Waals surface area (Å²) in [5.74, 6) is 0.491. The zero-order chi connectivity index (χ0) is 12.9. The predicted octanol–water partition coefficient (Wildman–Crippen LogP) is 2.91. The van der Waals surface area contributed by atoms with Crippen molar-refractivity contribution in [1.29, 1.82) is 0 Å². The Morgan fingerprint density at radius 2 is 2.00 bits per heavy atom. The first-order chi connectivity index (χ1) is 7.90. The third-order valence-electron chi connectivity index (χ3n) is 2.07. The number of benzene rings is 1. The zero-order valence-electron chi connectivity index (χ0n) is 11.2. The molecule has 5 heteroatoms. The number of aliphatic imine (C=N–C) groups is 1. The van der Waals surface area contributed by atoms with Gasteiger partial charge in [-0.25, -0.2) is 4.39 Å². The lowest BCUT2D eigenvalue weighted by Gasteiger charge is -2.23. The van der Waals surface area contributed by atoms with Crippen molar-refractivity contribution in [3.63, 3.8) is 0 Å². The summed E-state index contributed by atoms with van der Waals surface area (Å²) < 4.78 is 13.0. The molecule has 0 atom stereocenters. The number of guanidine groups is 1. The molecule has 0 aliphatic rings. The van der Waals surface area contributed by atoms with Gasteiger partial charge in [-0.1, -0.05) is 12.1 Å². The molecule has 0 saturated carbocycles.